The number of benzene rings is 5. The van der Waals surface area contributed by atoms with Crippen LogP contribution in [-0.4, -0.2) is 38.4 Å². The van der Waals surface area contributed by atoms with Gasteiger partial charge < -0.3 is 18.9 Å². The van der Waals surface area contributed by atoms with Gasteiger partial charge in [-0.25, -0.2) is 9.59 Å². The first kappa shape index (κ1) is 28.4. The van der Waals surface area contributed by atoms with Gasteiger partial charge in [-0.05, 0) is 67.4 Å². The van der Waals surface area contributed by atoms with E-state index in [-0.39, 0.29) is 0 Å². The second-order valence-corrected chi connectivity index (χ2v) is 10.6. The van der Waals surface area contributed by atoms with Crippen LogP contribution in [0.3, 0.4) is 0 Å². The Hall–Kier alpha value is -4.11. The summed E-state index contributed by atoms with van der Waals surface area (Å²) < 4.78 is 23.3. The lowest BCUT2D eigenvalue weighted by Crippen LogP contribution is -2.32. The molecule has 0 aliphatic heterocycles. The van der Waals surface area contributed by atoms with Crippen LogP contribution >= 0.6 is 22.6 Å². The molecule has 0 N–H and O–H groups in total. The van der Waals surface area contributed by atoms with Crippen molar-refractivity contribution in [3.63, 3.8) is 0 Å². The SMILES string of the molecule is COC(=O)[C@@H](Cc1cccc2ccccc12)Oc1cccc(O[C@H](Cc2cccc3ccccc23)C(=O)OC)c1I. The molecular formula is C34H29IO6. The quantitative estimate of drug-likeness (QED) is 0.120. The Kier molecular flexibility index (Phi) is 9.04. The number of hydrogen-bond acceptors (Lipinski definition) is 6. The summed E-state index contributed by atoms with van der Waals surface area (Å²) in [5.41, 5.74) is 1.95. The van der Waals surface area contributed by atoms with E-state index in [2.05, 4.69) is 22.6 Å². The molecule has 0 unspecified atom stereocenters. The topological polar surface area (TPSA) is 71.1 Å². The van der Waals surface area contributed by atoms with Gasteiger partial charge in [0.15, 0.2) is 12.2 Å². The van der Waals surface area contributed by atoms with E-state index in [9.17, 15) is 9.59 Å². The lowest BCUT2D eigenvalue weighted by atomic mass is 9.99. The van der Waals surface area contributed by atoms with Crippen molar-refractivity contribution in [3.8, 4) is 11.5 Å². The standard InChI is InChI=1S/C34H29IO6/c1-38-33(36)30(20-24-14-7-12-22-10-3-5-16-26(22)24)40-28-18-9-19-29(32(28)35)41-31(34(37)39-2)21-25-15-8-13-23-11-4-6-17-27(23)25/h3-19,30-31H,20-21H2,1-2H3/t30-,31-/m1/s1. The van der Waals surface area contributed by atoms with Gasteiger partial charge in [0.2, 0.25) is 0 Å². The number of hydrogen-bond donors (Lipinski definition) is 0. The van der Waals surface area contributed by atoms with E-state index in [1.54, 1.807) is 18.2 Å². The van der Waals surface area contributed by atoms with E-state index >= 15 is 0 Å². The third-order valence-electron chi connectivity index (χ3n) is 6.96. The van der Waals surface area contributed by atoms with E-state index in [0.29, 0.717) is 27.9 Å². The molecule has 0 saturated heterocycles. The molecule has 0 saturated carbocycles. The molecule has 0 bridgehead atoms. The Morgan fingerprint density at radius 3 is 1.41 bits per heavy atom. The summed E-state index contributed by atoms with van der Waals surface area (Å²) in [6, 6.07) is 33.3. The van der Waals surface area contributed by atoms with Crippen molar-refractivity contribution in [2.75, 3.05) is 14.2 Å². The Bertz CT molecular complexity index is 1570. The average molecular weight is 661 g/mol. The van der Waals surface area contributed by atoms with E-state index in [0.717, 1.165) is 32.7 Å². The molecular weight excluding hydrogens is 631 g/mol. The van der Waals surface area contributed by atoms with Crippen molar-refractivity contribution < 1.29 is 28.5 Å². The van der Waals surface area contributed by atoms with Gasteiger partial charge in [0, 0.05) is 12.8 Å². The second kappa shape index (κ2) is 13.0. The van der Waals surface area contributed by atoms with E-state index < -0.39 is 24.1 Å². The van der Waals surface area contributed by atoms with Gasteiger partial charge in [-0.3, -0.25) is 0 Å². The van der Waals surface area contributed by atoms with Crippen molar-refractivity contribution in [2.24, 2.45) is 0 Å². The molecule has 0 heterocycles. The second-order valence-electron chi connectivity index (χ2n) is 9.51. The number of esters is 2. The summed E-state index contributed by atoms with van der Waals surface area (Å²) in [6.45, 7) is 0. The van der Waals surface area contributed by atoms with Crippen LogP contribution in [0.25, 0.3) is 21.5 Å². The highest BCUT2D eigenvalue weighted by Gasteiger charge is 2.27. The molecule has 0 radical (unpaired) electrons. The molecule has 0 amide bonds. The lowest BCUT2D eigenvalue weighted by molar-refractivity contribution is -0.149. The van der Waals surface area contributed by atoms with E-state index in [4.69, 9.17) is 18.9 Å². The predicted molar refractivity (Wildman–Crippen MR) is 167 cm³/mol. The van der Waals surface area contributed by atoms with Gasteiger partial charge in [0.1, 0.15) is 11.5 Å². The predicted octanol–water partition coefficient (Wildman–Crippen LogP) is 6.92. The minimum absolute atomic E-state index is 0.320. The highest BCUT2D eigenvalue weighted by molar-refractivity contribution is 14.1. The Morgan fingerprint density at radius 2 is 0.976 bits per heavy atom. The number of methoxy groups -OCH3 is 2. The first-order valence-electron chi connectivity index (χ1n) is 13.2. The van der Waals surface area contributed by atoms with Crippen LogP contribution in [0.2, 0.25) is 0 Å². The van der Waals surface area contributed by atoms with Gasteiger partial charge in [-0.15, -0.1) is 0 Å². The fourth-order valence-corrected chi connectivity index (χ4v) is 5.54. The Labute approximate surface area is 252 Å². The van der Waals surface area contributed by atoms with Crippen LogP contribution in [-0.2, 0) is 31.9 Å². The minimum Gasteiger partial charge on any atom is -0.477 e. The molecule has 208 valence electrons. The minimum atomic E-state index is -0.887. The number of halogens is 1. The van der Waals surface area contributed by atoms with Crippen molar-refractivity contribution in [1.82, 2.24) is 0 Å². The van der Waals surface area contributed by atoms with Crippen LogP contribution in [0.15, 0.2) is 103 Å². The summed E-state index contributed by atoms with van der Waals surface area (Å²) in [5, 5.41) is 4.26. The third-order valence-corrected chi connectivity index (χ3v) is 8.03. The molecule has 5 rings (SSSR count). The zero-order valence-corrected chi connectivity index (χ0v) is 24.9. The summed E-state index contributed by atoms with van der Waals surface area (Å²) in [4.78, 5) is 25.7. The van der Waals surface area contributed by atoms with Gasteiger partial charge in [0.05, 0.1) is 17.8 Å². The van der Waals surface area contributed by atoms with Crippen molar-refractivity contribution in [1.29, 1.82) is 0 Å². The zero-order chi connectivity index (χ0) is 28.8. The molecule has 2 atom stereocenters. The maximum atomic E-state index is 12.8. The van der Waals surface area contributed by atoms with Crippen LogP contribution in [0.4, 0.5) is 0 Å². The maximum absolute atomic E-state index is 12.8. The summed E-state index contributed by atoms with van der Waals surface area (Å²) in [7, 11) is 2.70. The highest BCUT2D eigenvalue weighted by atomic mass is 127. The van der Waals surface area contributed by atoms with Crippen LogP contribution in [0.5, 0.6) is 11.5 Å². The normalized spacial score (nSPS) is 12.5. The van der Waals surface area contributed by atoms with Gasteiger partial charge >= 0.3 is 11.9 Å². The fraction of sp³-hybridized carbons (Fsp3) is 0.176. The third kappa shape index (κ3) is 6.46. The summed E-state index contributed by atoms with van der Waals surface area (Å²) in [6.07, 6.45) is -1.13. The smallest absolute Gasteiger partial charge is 0.347 e. The number of ether oxygens (including phenoxy) is 4. The number of carbonyl (C=O) groups excluding carboxylic acids is 2. The van der Waals surface area contributed by atoms with E-state index in [1.807, 2.05) is 84.9 Å². The van der Waals surface area contributed by atoms with Crippen LogP contribution < -0.4 is 9.47 Å². The van der Waals surface area contributed by atoms with Crippen molar-refractivity contribution >= 4 is 56.1 Å². The molecule has 0 aliphatic rings. The first-order valence-corrected chi connectivity index (χ1v) is 14.3. The van der Waals surface area contributed by atoms with Crippen LogP contribution in [0, 0.1) is 3.57 Å². The van der Waals surface area contributed by atoms with Crippen molar-refractivity contribution in [3.05, 3.63) is 118 Å². The number of carbonyl (C=O) groups is 2. The molecule has 5 aromatic rings. The highest BCUT2D eigenvalue weighted by Crippen LogP contribution is 2.33. The van der Waals surface area contributed by atoms with Crippen LogP contribution in [0.1, 0.15) is 11.1 Å². The van der Waals surface area contributed by atoms with Gasteiger partial charge in [0.25, 0.3) is 0 Å². The Balaban J connectivity index is 1.41. The van der Waals surface area contributed by atoms with Gasteiger partial charge in [-0.2, -0.15) is 0 Å². The van der Waals surface area contributed by atoms with Crippen molar-refractivity contribution in [2.45, 2.75) is 25.0 Å². The monoisotopic (exact) mass is 660 g/mol. The number of fused-ring (bicyclic) bond motifs is 2. The molecule has 0 fully saturated rings. The number of rotatable bonds is 10. The molecule has 6 nitrogen and oxygen atoms in total. The molecule has 5 aromatic carbocycles. The first-order chi connectivity index (χ1) is 20.0. The maximum Gasteiger partial charge on any atom is 0.347 e. The average Bonchev–Trinajstić information content (AvgIpc) is 3.01. The Morgan fingerprint density at radius 1 is 0.585 bits per heavy atom. The molecule has 0 aliphatic carbocycles. The molecule has 7 heteroatoms. The summed E-state index contributed by atoms with van der Waals surface area (Å²) >= 11 is 2.11. The molecule has 0 spiro atoms. The lowest BCUT2D eigenvalue weighted by Gasteiger charge is -2.22. The molecule has 41 heavy (non-hydrogen) atoms. The molecule has 0 aromatic heterocycles. The van der Waals surface area contributed by atoms with E-state index in [1.165, 1.54) is 14.2 Å². The largest absolute Gasteiger partial charge is 0.477 e. The van der Waals surface area contributed by atoms with Gasteiger partial charge in [-0.1, -0.05) is 91.0 Å². The fourth-order valence-electron chi connectivity index (χ4n) is 4.93. The zero-order valence-electron chi connectivity index (χ0n) is 22.7. The summed E-state index contributed by atoms with van der Waals surface area (Å²) in [5.74, 6) is -0.0630.